The van der Waals surface area contributed by atoms with Crippen molar-refractivity contribution in [2.24, 2.45) is 0 Å². The lowest BCUT2D eigenvalue weighted by Crippen LogP contribution is -2.41. The Hall–Kier alpha value is -0.370. The van der Waals surface area contributed by atoms with E-state index in [1.165, 1.54) is 12.8 Å². The lowest BCUT2D eigenvalue weighted by Gasteiger charge is -2.33. The monoisotopic (exact) mass is 171 g/mol. The van der Waals surface area contributed by atoms with Gasteiger partial charge in [-0.1, -0.05) is 6.08 Å². The van der Waals surface area contributed by atoms with E-state index in [2.05, 4.69) is 18.4 Å². The molecule has 1 saturated heterocycles. The lowest BCUT2D eigenvalue weighted by atomic mass is 9.95. The van der Waals surface area contributed by atoms with E-state index >= 15 is 0 Å². The molecule has 0 aromatic rings. The summed E-state index contributed by atoms with van der Waals surface area (Å²) in [6.45, 7) is 7.36. The van der Waals surface area contributed by atoms with E-state index in [9.17, 15) is 4.39 Å². The lowest BCUT2D eigenvalue weighted by molar-refractivity contribution is 0.147. The van der Waals surface area contributed by atoms with Gasteiger partial charge >= 0.3 is 0 Å². The number of hydrogen-bond acceptors (Lipinski definition) is 1. The fourth-order valence-electron chi connectivity index (χ4n) is 2.10. The quantitative estimate of drug-likeness (QED) is 0.587. The summed E-state index contributed by atoms with van der Waals surface area (Å²) in [7, 11) is 0. The maximum absolute atomic E-state index is 12.2. The molecular formula is C10H18FN. The van der Waals surface area contributed by atoms with E-state index in [-0.39, 0.29) is 12.2 Å². The Balaban J connectivity index is 2.54. The average molecular weight is 171 g/mol. The Morgan fingerprint density at radius 3 is 3.00 bits per heavy atom. The predicted molar refractivity (Wildman–Crippen MR) is 50.0 cm³/mol. The van der Waals surface area contributed by atoms with E-state index < -0.39 is 0 Å². The van der Waals surface area contributed by atoms with E-state index in [4.69, 9.17) is 0 Å². The van der Waals surface area contributed by atoms with Gasteiger partial charge in [0.2, 0.25) is 0 Å². The van der Waals surface area contributed by atoms with Crippen molar-refractivity contribution in [2.45, 2.75) is 31.7 Å². The van der Waals surface area contributed by atoms with Crippen molar-refractivity contribution in [2.75, 3.05) is 19.8 Å². The minimum Gasteiger partial charge on any atom is -0.295 e. The third kappa shape index (κ3) is 1.86. The molecule has 0 saturated carbocycles. The molecular weight excluding hydrogens is 153 g/mol. The number of alkyl halides is 1. The zero-order valence-corrected chi connectivity index (χ0v) is 7.85. The van der Waals surface area contributed by atoms with Crippen LogP contribution in [0.5, 0.6) is 0 Å². The van der Waals surface area contributed by atoms with Crippen LogP contribution in [0.4, 0.5) is 4.39 Å². The summed E-state index contributed by atoms with van der Waals surface area (Å²) in [6.07, 6.45) is 5.30. The molecule has 12 heavy (non-hydrogen) atoms. The van der Waals surface area contributed by atoms with Crippen molar-refractivity contribution in [3.63, 3.8) is 0 Å². The smallest absolute Gasteiger partial charge is 0.102 e. The number of likely N-dealkylation sites (tertiary alicyclic amines) is 1. The molecule has 0 aromatic carbocycles. The zero-order chi connectivity index (χ0) is 9.03. The second kappa shape index (κ2) is 4.04. The first-order valence-corrected chi connectivity index (χ1v) is 4.65. The van der Waals surface area contributed by atoms with Gasteiger partial charge < -0.3 is 0 Å². The minimum absolute atomic E-state index is 0.188. The Morgan fingerprint density at radius 2 is 2.42 bits per heavy atom. The van der Waals surface area contributed by atoms with Gasteiger partial charge in [0, 0.05) is 12.1 Å². The van der Waals surface area contributed by atoms with Crippen molar-refractivity contribution < 1.29 is 4.39 Å². The Kier molecular flexibility index (Phi) is 3.27. The molecule has 1 rings (SSSR count). The molecule has 1 aliphatic heterocycles. The number of halogens is 1. The molecule has 0 spiro atoms. The highest BCUT2D eigenvalue weighted by Crippen LogP contribution is 2.31. The molecule has 0 radical (unpaired) electrons. The predicted octanol–water partition coefficient (Wildman–Crippen LogP) is 2.39. The van der Waals surface area contributed by atoms with Crippen LogP contribution >= 0.6 is 0 Å². The summed E-state index contributed by atoms with van der Waals surface area (Å²) >= 11 is 0. The van der Waals surface area contributed by atoms with Crippen LogP contribution in [-0.4, -0.2) is 30.2 Å². The summed E-state index contributed by atoms with van der Waals surface area (Å²) < 4.78 is 12.2. The Labute approximate surface area is 74.3 Å². The van der Waals surface area contributed by atoms with E-state index in [1.807, 2.05) is 6.08 Å². The van der Waals surface area contributed by atoms with Gasteiger partial charge in [-0.2, -0.15) is 0 Å². The molecule has 1 heterocycles. The highest BCUT2D eigenvalue weighted by Gasteiger charge is 2.34. The van der Waals surface area contributed by atoms with E-state index in [0.29, 0.717) is 6.54 Å². The highest BCUT2D eigenvalue weighted by atomic mass is 19.1. The molecule has 70 valence electrons. The second-order valence-corrected chi connectivity index (χ2v) is 3.77. The number of nitrogens with zero attached hydrogens (tertiary/aromatic N) is 1. The van der Waals surface area contributed by atoms with Crippen LogP contribution in [0, 0.1) is 0 Å². The van der Waals surface area contributed by atoms with Crippen molar-refractivity contribution in [3.8, 4) is 0 Å². The number of hydrogen-bond donors (Lipinski definition) is 0. The van der Waals surface area contributed by atoms with E-state index in [1.54, 1.807) is 0 Å². The fourth-order valence-corrected chi connectivity index (χ4v) is 2.10. The van der Waals surface area contributed by atoms with Gasteiger partial charge in [-0.25, -0.2) is 4.39 Å². The normalized spacial score (nSPS) is 30.8. The van der Waals surface area contributed by atoms with Crippen LogP contribution in [0.25, 0.3) is 0 Å². The first-order chi connectivity index (χ1) is 5.73. The molecule has 0 N–H and O–H groups in total. The first kappa shape index (κ1) is 9.72. The first-order valence-electron chi connectivity index (χ1n) is 4.65. The average Bonchev–Trinajstić information content (AvgIpc) is 2.35. The maximum Gasteiger partial charge on any atom is 0.102 e. The van der Waals surface area contributed by atoms with Crippen molar-refractivity contribution in [3.05, 3.63) is 12.7 Å². The molecule has 1 aliphatic rings. The summed E-state index contributed by atoms with van der Waals surface area (Å²) in [4.78, 5) is 2.24. The molecule has 0 aliphatic carbocycles. The van der Waals surface area contributed by atoms with Crippen molar-refractivity contribution in [1.82, 2.24) is 4.90 Å². The SMILES string of the molecule is C=CCC1(C)CCCN1CCF. The summed E-state index contributed by atoms with van der Waals surface area (Å²) in [5.41, 5.74) is 0.188. The van der Waals surface area contributed by atoms with Gasteiger partial charge in [0.15, 0.2) is 0 Å². The molecule has 0 bridgehead atoms. The second-order valence-electron chi connectivity index (χ2n) is 3.77. The van der Waals surface area contributed by atoms with Gasteiger partial charge in [0.25, 0.3) is 0 Å². The molecule has 1 unspecified atom stereocenters. The molecule has 1 atom stereocenters. The zero-order valence-electron chi connectivity index (χ0n) is 7.85. The summed E-state index contributed by atoms with van der Waals surface area (Å²) in [5.74, 6) is 0. The van der Waals surface area contributed by atoms with Gasteiger partial charge in [0.1, 0.15) is 6.67 Å². The molecule has 0 aromatic heterocycles. The molecule has 0 amide bonds. The summed E-state index contributed by atoms with van der Waals surface area (Å²) in [6, 6.07) is 0. The third-order valence-electron chi connectivity index (χ3n) is 2.85. The standard InChI is InChI=1S/C10H18FN/c1-3-5-10(2)6-4-8-12(10)9-7-11/h3H,1,4-9H2,2H3. The molecule has 2 heteroatoms. The Bertz CT molecular complexity index is 158. The van der Waals surface area contributed by atoms with Gasteiger partial charge in [0.05, 0.1) is 0 Å². The topological polar surface area (TPSA) is 3.24 Å². The third-order valence-corrected chi connectivity index (χ3v) is 2.85. The van der Waals surface area contributed by atoms with E-state index in [0.717, 1.165) is 13.0 Å². The Morgan fingerprint density at radius 1 is 1.67 bits per heavy atom. The van der Waals surface area contributed by atoms with Crippen molar-refractivity contribution in [1.29, 1.82) is 0 Å². The van der Waals surface area contributed by atoms with Crippen LogP contribution in [-0.2, 0) is 0 Å². The highest BCUT2D eigenvalue weighted by molar-refractivity contribution is 4.96. The maximum atomic E-state index is 12.2. The fraction of sp³-hybridized carbons (Fsp3) is 0.800. The minimum atomic E-state index is -0.229. The van der Waals surface area contributed by atoms with Crippen molar-refractivity contribution >= 4 is 0 Å². The van der Waals surface area contributed by atoms with Gasteiger partial charge in [-0.3, -0.25) is 4.90 Å². The molecule has 1 fully saturated rings. The van der Waals surface area contributed by atoms with Crippen LogP contribution in [0.15, 0.2) is 12.7 Å². The van der Waals surface area contributed by atoms with Crippen LogP contribution in [0.1, 0.15) is 26.2 Å². The molecule has 1 nitrogen and oxygen atoms in total. The number of rotatable bonds is 4. The van der Waals surface area contributed by atoms with Gasteiger partial charge in [-0.05, 0) is 32.7 Å². The largest absolute Gasteiger partial charge is 0.295 e. The van der Waals surface area contributed by atoms with Gasteiger partial charge in [-0.15, -0.1) is 6.58 Å². The summed E-state index contributed by atoms with van der Waals surface area (Å²) in [5, 5.41) is 0. The van der Waals surface area contributed by atoms with Crippen LogP contribution < -0.4 is 0 Å². The van der Waals surface area contributed by atoms with Crippen LogP contribution in [0.3, 0.4) is 0 Å². The van der Waals surface area contributed by atoms with Crippen LogP contribution in [0.2, 0.25) is 0 Å².